The fourth-order valence-corrected chi connectivity index (χ4v) is 2.27. The van der Waals surface area contributed by atoms with E-state index in [4.69, 9.17) is 9.15 Å². The zero-order valence-corrected chi connectivity index (χ0v) is 12.4. The van der Waals surface area contributed by atoms with Gasteiger partial charge in [0.25, 0.3) is 0 Å². The first-order valence-electron chi connectivity index (χ1n) is 6.95. The molecule has 3 nitrogen and oxygen atoms in total. The molecular weight excluding hydrogens is 302 g/mol. The third-order valence-electron chi connectivity index (χ3n) is 3.35. The summed E-state index contributed by atoms with van der Waals surface area (Å²) < 4.78 is 41.2. The van der Waals surface area contributed by atoms with Gasteiger partial charge in [-0.2, -0.15) is 8.78 Å². The van der Waals surface area contributed by atoms with Crippen molar-refractivity contribution in [2.45, 2.75) is 0 Å². The molecule has 0 aliphatic rings. The minimum absolute atomic E-state index is 0.238. The third kappa shape index (κ3) is 3.24. The number of hydrogen-bond acceptors (Lipinski definition) is 3. The van der Waals surface area contributed by atoms with E-state index in [2.05, 4.69) is 4.74 Å². The second-order valence-electron chi connectivity index (χ2n) is 4.87. The molecule has 0 aliphatic carbocycles. The molecule has 0 fully saturated rings. The summed E-state index contributed by atoms with van der Waals surface area (Å²) in [6, 6.07) is 16.1. The van der Waals surface area contributed by atoms with Crippen LogP contribution in [0.4, 0.5) is 8.78 Å². The Morgan fingerprint density at radius 2 is 1.78 bits per heavy atom. The van der Waals surface area contributed by atoms with Gasteiger partial charge in [-0.05, 0) is 12.1 Å². The lowest BCUT2D eigenvalue weighted by Crippen LogP contribution is -1.97. The van der Waals surface area contributed by atoms with Gasteiger partial charge in [-0.3, -0.25) is 0 Å². The number of rotatable bonds is 5. The van der Waals surface area contributed by atoms with E-state index in [-0.39, 0.29) is 12.4 Å². The minimum Gasteiger partial charge on any atom is -0.461 e. The molecule has 0 saturated heterocycles. The van der Waals surface area contributed by atoms with Crippen molar-refractivity contribution in [3.8, 4) is 11.3 Å². The molecule has 0 unspecified atom stereocenters. The Morgan fingerprint density at radius 1 is 1.04 bits per heavy atom. The minimum atomic E-state index is -1.89. The smallest absolute Gasteiger partial charge is 0.312 e. The van der Waals surface area contributed by atoms with Crippen LogP contribution in [0.25, 0.3) is 28.1 Å². The Balaban J connectivity index is 1.90. The highest BCUT2D eigenvalue weighted by Gasteiger charge is 2.12. The van der Waals surface area contributed by atoms with Gasteiger partial charge in [-0.25, -0.2) is 0 Å². The standard InChI is InChI=1S/C18H14F2O3/c1-21-11-22-17(18(19)20)13-8-6-12(7-9-13)16-10-14-4-2-3-5-15(14)23-16/h2-10H,11H2,1H3. The van der Waals surface area contributed by atoms with Crippen LogP contribution < -0.4 is 0 Å². The van der Waals surface area contributed by atoms with Crippen LogP contribution in [0.3, 0.4) is 0 Å². The maximum atomic E-state index is 13.0. The molecule has 0 bridgehead atoms. The van der Waals surface area contributed by atoms with Crippen molar-refractivity contribution in [1.82, 2.24) is 0 Å². The number of ether oxygens (including phenoxy) is 2. The average Bonchev–Trinajstić information content (AvgIpc) is 2.99. The Labute approximate surface area is 131 Å². The zero-order valence-electron chi connectivity index (χ0n) is 12.4. The largest absolute Gasteiger partial charge is 0.461 e. The summed E-state index contributed by atoms with van der Waals surface area (Å²) in [7, 11) is 1.37. The van der Waals surface area contributed by atoms with Crippen molar-refractivity contribution in [3.05, 3.63) is 66.2 Å². The van der Waals surface area contributed by atoms with E-state index < -0.39 is 11.8 Å². The molecule has 0 saturated carbocycles. The molecule has 5 heteroatoms. The molecule has 0 amide bonds. The van der Waals surface area contributed by atoms with Gasteiger partial charge in [-0.1, -0.05) is 42.5 Å². The first-order valence-corrected chi connectivity index (χ1v) is 6.95. The van der Waals surface area contributed by atoms with Gasteiger partial charge in [-0.15, -0.1) is 0 Å². The van der Waals surface area contributed by atoms with E-state index in [1.807, 2.05) is 30.3 Å². The van der Waals surface area contributed by atoms with E-state index >= 15 is 0 Å². The zero-order chi connectivity index (χ0) is 16.2. The maximum Gasteiger partial charge on any atom is 0.312 e. The quantitative estimate of drug-likeness (QED) is 0.474. The monoisotopic (exact) mass is 316 g/mol. The molecule has 1 aromatic heterocycles. The second kappa shape index (κ2) is 6.62. The molecule has 3 rings (SSSR count). The predicted molar refractivity (Wildman–Crippen MR) is 83.7 cm³/mol. The number of para-hydroxylation sites is 1. The van der Waals surface area contributed by atoms with E-state index in [9.17, 15) is 8.78 Å². The van der Waals surface area contributed by atoms with Crippen molar-refractivity contribution >= 4 is 16.7 Å². The molecule has 0 aliphatic heterocycles. The van der Waals surface area contributed by atoms with Crippen LogP contribution in [0.15, 0.2) is 65.1 Å². The van der Waals surface area contributed by atoms with Crippen molar-refractivity contribution in [2.75, 3.05) is 13.9 Å². The van der Waals surface area contributed by atoms with Crippen molar-refractivity contribution in [2.24, 2.45) is 0 Å². The first-order chi connectivity index (χ1) is 11.2. The highest BCUT2D eigenvalue weighted by molar-refractivity contribution is 5.82. The van der Waals surface area contributed by atoms with Gasteiger partial charge in [0.15, 0.2) is 12.6 Å². The Kier molecular flexibility index (Phi) is 4.39. The summed E-state index contributed by atoms with van der Waals surface area (Å²) in [6.45, 7) is -0.238. The number of hydrogen-bond donors (Lipinski definition) is 0. The number of benzene rings is 2. The van der Waals surface area contributed by atoms with Crippen molar-refractivity contribution in [1.29, 1.82) is 0 Å². The number of halogens is 2. The van der Waals surface area contributed by atoms with Gasteiger partial charge in [0, 0.05) is 23.6 Å². The van der Waals surface area contributed by atoms with Gasteiger partial charge in [0.05, 0.1) is 0 Å². The Bertz CT molecular complexity index is 798. The fourth-order valence-electron chi connectivity index (χ4n) is 2.27. The van der Waals surface area contributed by atoms with Crippen LogP contribution in [-0.4, -0.2) is 13.9 Å². The fraction of sp³-hybridized carbons (Fsp3) is 0.111. The molecule has 0 atom stereocenters. The number of methoxy groups -OCH3 is 1. The van der Waals surface area contributed by atoms with E-state index in [0.717, 1.165) is 16.5 Å². The van der Waals surface area contributed by atoms with Crippen molar-refractivity contribution < 1.29 is 22.7 Å². The normalized spacial score (nSPS) is 10.7. The molecule has 118 valence electrons. The van der Waals surface area contributed by atoms with Gasteiger partial charge >= 0.3 is 6.08 Å². The first kappa shape index (κ1) is 15.2. The maximum absolute atomic E-state index is 13.0. The second-order valence-corrected chi connectivity index (χ2v) is 4.87. The predicted octanol–water partition coefficient (Wildman–Crippen LogP) is 5.29. The molecule has 3 aromatic rings. The van der Waals surface area contributed by atoms with E-state index in [1.54, 1.807) is 24.3 Å². The molecule has 0 N–H and O–H groups in total. The molecule has 0 spiro atoms. The van der Waals surface area contributed by atoms with Crippen LogP contribution in [0.1, 0.15) is 5.56 Å². The Hall–Kier alpha value is -2.66. The molecular formula is C18H14F2O3. The SMILES string of the molecule is COCOC(=C(F)F)c1ccc(-c2cc3ccccc3o2)cc1. The van der Waals surface area contributed by atoms with Crippen molar-refractivity contribution in [3.63, 3.8) is 0 Å². The molecule has 1 heterocycles. The lowest BCUT2D eigenvalue weighted by atomic mass is 10.1. The van der Waals surface area contributed by atoms with Crippen LogP contribution >= 0.6 is 0 Å². The van der Waals surface area contributed by atoms with Crippen LogP contribution in [0.5, 0.6) is 0 Å². The van der Waals surface area contributed by atoms with Gasteiger partial charge in [0.1, 0.15) is 11.3 Å². The summed E-state index contributed by atoms with van der Waals surface area (Å²) in [6.07, 6.45) is -1.89. The average molecular weight is 316 g/mol. The summed E-state index contributed by atoms with van der Waals surface area (Å²) in [4.78, 5) is 0. The highest BCUT2D eigenvalue weighted by atomic mass is 19.3. The van der Waals surface area contributed by atoms with E-state index in [0.29, 0.717) is 5.76 Å². The van der Waals surface area contributed by atoms with E-state index in [1.165, 1.54) is 7.11 Å². The third-order valence-corrected chi connectivity index (χ3v) is 3.35. The molecule has 0 radical (unpaired) electrons. The molecule has 23 heavy (non-hydrogen) atoms. The summed E-state index contributed by atoms with van der Waals surface area (Å²) in [5, 5.41) is 0.991. The summed E-state index contributed by atoms with van der Waals surface area (Å²) in [5.74, 6) is 0.199. The van der Waals surface area contributed by atoms with Crippen LogP contribution in [0, 0.1) is 0 Å². The molecule has 2 aromatic carbocycles. The lowest BCUT2D eigenvalue weighted by molar-refractivity contribution is 0.0283. The summed E-state index contributed by atoms with van der Waals surface area (Å²) >= 11 is 0. The summed E-state index contributed by atoms with van der Waals surface area (Å²) in [5.41, 5.74) is 1.86. The lowest BCUT2D eigenvalue weighted by Gasteiger charge is -2.08. The topological polar surface area (TPSA) is 31.6 Å². The van der Waals surface area contributed by atoms with Gasteiger partial charge in [0.2, 0.25) is 0 Å². The van der Waals surface area contributed by atoms with Crippen LogP contribution in [-0.2, 0) is 9.47 Å². The highest BCUT2D eigenvalue weighted by Crippen LogP contribution is 2.29. The number of fused-ring (bicyclic) bond motifs is 1. The van der Waals surface area contributed by atoms with Gasteiger partial charge < -0.3 is 13.9 Å². The number of furan rings is 1. The Morgan fingerprint density at radius 3 is 2.43 bits per heavy atom. The van der Waals surface area contributed by atoms with Crippen LogP contribution in [0.2, 0.25) is 0 Å².